The topological polar surface area (TPSA) is 33.4 Å². The van der Waals surface area contributed by atoms with Gasteiger partial charge in [0.1, 0.15) is 16.9 Å². The molecular formula is C21H16O2. The molecule has 1 aliphatic carbocycles. The average molecular weight is 300 g/mol. The summed E-state index contributed by atoms with van der Waals surface area (Å²) in [4.78, 5) is 0. The Morgan fingerprint density at radius 2 is 1.70 bits per heavy atom. The van der Waals surface area contributed by atoms with E-state index < -0.39 is 0 Å². The van der Waals surface area contributed by atoms with Crippen molar-refractivity contribution in [1.29, 1.82) is 0 Å². The smallest absolute Gasteiger partial charge is 0.143 e. The third kappa shape index (κ3) is 1.48. The molecule has 112 valence electrons. The quantitative estimate of drug-likeness (QED) is 0.458. The first-order chi connectivity index (χ1) is 11.1. The highest BCUT2D eigenvalue weighted by atomic mass is 16.3. The number of hydrogen-bond donors (Lipinski definition) is 1. The van der Waals surface area contributed by atoms with Crippen LogP contribution in [0.3, 0.4) is 0 Å². The Balaban J connectivity index is 1.99. The van der Waals surface area contributed by atoms with Crippen LogP contribution in [0, 0.1) is 0 Å². The molecule has 1 aromatic heterocycles. The van der Waals surface area contributed by atoms with Crippen LogP contribution in [-0.2, 0) is 5.41 Å². The Morgan fingerprint density at radius 3 is 2.57 bits per heavy atom. The van der Waals surface area contributed by atoms with E-state index in [0.29, 0.717) is 5.75 Å². The molecule has 1 aliphatic rings. The minimum atomic E-state index is -0.142. The van der Waals surface area contributed by atoms with Crippen LogP contribution in [0.25, 0.3) is 33.1 Å². The van der Waals surface area contributed by atoms with Crippen molar-refractivity contribution in [3.63, 3.8) is 0 Å². The van der Waals surface area contributed by atoms with E-state index in [1.54, 1.807) is 6.07 Å². The van der Waals surface area contributed by atoms with Gasteiger partial charge in [-0.05, 0) is 34.9 Å². The van der Waals surface area contributed by atoms with E-state index >= 15 is 0 Å². The highest BCUT2D eigenvalue weighted by molar-refractivity contribution is 6.11. The fourth-order valence-corrected chi connectivity index (χ4v) is 3.99. The normalized spacial score (nSPS) is 15.0. The second-order valence-electron chi connectivity index (χ2n) is 6.82. The summed E-state index contributed by atoms with van der Waals surface area (Å²) < 4.78 is 6.21. The number of furan rings is 1. The molecular weight excluding hydrogens is 284 g/mol. The van der Waals surface area contributed by atoms with Gasteiger partial charge in [0, 0.05) is 21.8 Å². The number of fused-ring (bicyclic) bond motifs is 7. The molecule has 1 N–H and O–H groups in total. The van der Waals surface area contributed by atoms with Crippen LogP contribution in [0.1, 0.15) is 25.0 Å². The predicted octanol–water partition coefficient (Wildman–Crippen LogP) is 5.60. The monoisotopic (exact) mass is 300 g/mol. The largest absolute Gasteiger partial charge is 0.508 e. The van der Waals surface area contributed by atoms with Gasteiger partial charge in [0.15, 0.2) is 0 Å². The Kier molecular flexibility index (Phi) is 2.20. The number of rotatable bonds is 0. The molecule has 0 aliphatic heterocycles. The van der Waals surface area contributed by atoms with E-state index in [1.165, 1.54) is 11.1 Å². The van der Waals surface area contributed by atoms with Crippen LogP contribution >= 0.6 is 0 Å². The van der Waals surface area contributed by atoms with Gasteiger partial charge in [-0.1, -0.05) is 50.2 Å². The molecule has 2 nitrogen and oxygen atoms in total. The zero-order chi connectivity index (χ0) is 15.8. The minimum Gasteiger partial charge on any atom is -0.508 e. The summed E-state index contributed by atoms with van der Waals surface area (Å²) in [7, 11) is 0. The maximum atomic E-state index is 9.91. The summed E-state index contributed by atoms with van der Waals surface area (Å²) in [6.07, 6.45) is 0. The number of phenols is 1. The first kappa shape index (κ1) is 12.8. The number of para-hydroxylation sites is 1. The summed E-state index contributed by atoms with van der Waals surface area (Å²) in [5.74, 6) is 0.311. The van der Waals surface area contributed by atoms with Gasteiger partial charge in [-0.25, -0.2) is 0 Å². The fraction of sp³-hybridized carbons (Fsp3) is 0.143. The Morgan fingerprint density at radius 1 is 0.870 bits per heavy atom. The van der Waals surface area contributed by atoms with Gasteiger partial charge in [-0.15, -0.1) is 0 Å². The minimum absolute atomic E-state index is 0.142. The lowest BCUT2D eigenvalue weighted by molar-refractivity contribution is 0.473. The SMILES string of the molecule is CC1(C)c2cc(O)ccc2-c2c1ccc1c2oc2ccccc21. The van der Waals surface area contributed by atoms with Crippen LogP contribution in [0.15, 0.2) is 59.0 Å². The highest BCUT2D eigenvalue weighted by Crippen LogP contribution is 2.53. The molecule has 4 aromatic rings. The highest BCUT2D eigenvalue weighted by Gasteiger charge is 2.37. The molecule has 23 heavy (non-hydrogen) atoms. The molecule has 5 rings (SSSR count). The zero-order valence-corrected chi connectivity index (χ0v) is 13.1. The Bertz CT molecular complexity index is 1100. The first-order valence-corrected chi connectivity index (χ1v) is 7.86. The van der Waals surface area contributed by atoms with Gasteiger partial charge in [-0.2, -0.15) is 0 Å². The predicted molar refractivity (Wildman–Crippen MR) is 92.9 cm³/mol. The lowest BCUT2D eigenvalue weighted by Gasteiger charge is -2.21. The third-order valence-corrected chi connectivity index (χ3v) is 5.17. The van der Waals surface area contributed by atoms with E-state index in [2.05, 4.69) is 32.0 Å². The van der Waals surface area contributed by atoms with Crippen molar-refractivity contribution in [3.05, 3.63) is 65.7 Å². The molecule has 0 radical (unpaired) electrons. The van der Waals surface area contributed by atoms with Crippen LogP contribution in [-0.4, -0.2) is 5.11 Å². The van der Waals surface area contributed by atoms with Crippen LogP contribution in [0.5, 0.6) is 5.75 Å². The Hall–Kier alpha value is -2.74. The van der Waals surface area contributed by atoms with Crippen LogP contribution in [0.2, 0.25) is 0 Å². The number of benzene rings is 3. The van der Waals surface area contributed by atoms with Crippen molar-refractivity contribution in [2.45, 2.75) is 19.3 Å². The van der Waals surface area contributed by atoms with Gasteiger partial charge in [-0.3, -0.25) is 0 Å². The van der Waals surface area contributed by atoms with Gasteiger partial charge in [0.25, 0.3) is 0 Å². The molecule has 3 aromatic carbocycles. The van der Waals surface area contributed by atoms with E-state index in [0.717, 1.165) is 33.1 Å². The van der Waals surface area contributed by atoms with Gasteiger partial charge in [0.2, 0.25) is 0 Å². The van der Waals surface area contributed by atoms with Gasteiger partial charge < -0.3 is 9.52 Å². The second kappa shape index (κ2) is 3.96. The summed E-state index contributed by atoms with van der Waals surface area (Å²) in [6, 6.07) is 18.2. The second-order valence-corrected chi connectivity index (χ2v) is 6.82. The maximum Gasteiger partial charge on any atom is 0.143 e. The molecule has 1 heterocycles. The number of phenolic OH excluding ortho intramolecular Hbond substituents is 1. The van der Waals surface area contributed by atoms with E-state index in [9.17, 15) is 5.11 Å². The van der Waals surface area contributed by atoms with E-state index in [1.807, 2.05) is 30.3 Å². The van der Waals surface area contributed by atoms with Crippen LogP contribution in [0.4, 0.5) is 0 Å². The third-order valence-electron chi connectivity index (χ3n) is 5.17. The zero-order valence-electron chi connectivity index (χ0n) is 13.1. The molecule has 0 saturated carbocycles. The molecule has 0 unspecified atom stereocenters. The molecule has 0 saturated heterocycles. The summed E-state index contributed by atoms with van der Waals surface area (Å²) >= 11 is 0. The Labute approximate surface area is 134 Å². The maximum absolute atomic E-state index is 9.91. The van der Waals surface area contributed by atoms with Gasteiger partial charge in [0.05, 0.1) is 0 Å². The van der Waals surface area contributed by atoms with Crippen LogP contribution < -0.4 is 0 Å². The summed E-state index contributed by atoms with van der Waals surface area (Å²) in [5.41, 5.74) is 6.45. The van der Waals surface area contributed by atoms with Crippen molar-refractivity contribution >= 4 is 21.9 Å². The lowest BCUT2D eigenvalue weighted by atomic mass is 9.82. The lowest BCUT2D eigenvalue weighted by Crippen LogP contribution is -2.14. The molecule has 0 spiro atoms. The summed E-state index contributed by atoms with van der Waals surface area (Å²) in [6.45, 7) is 4.40. The molecule has 0 atom stereocenters. The van der Waals surface area contributed by atoms with Crippen molar-refractivity contribution in [2.75, 3.05) is 0 Å². The number of aromatic hydroxyl groups is 1. The van der Waals surface area contributed by atoms with Crippen molar-refractivity contribution in [2.24, 2.45) is 0 Å². The summed E-state index contributed by atoms with van der Waals surface area (Å²) in [5, 5.41) is 12.2. The molecule has 2 heteroatoms. The van der Waals surface area contributed by atoms with Crippen molar-refractivity contribution in [1.82, 2.24) is 0 Å². The molecule has 0 amide bonds. The van der Waals surface area contributed by atoms with E-state index in [-0.39, 0.29) is 5.41 Å². The first-order valence-electron chi connectivity index (χ1n) is 7.86. The van der Waals surface area contributed by atoms with Gasteiger partial charge >= 0.3 is 0 Å². The average Bonchev–Trinajstić information content (AvgIpc) is 3.02. The molecule has 0 fully saturated rings. The van der Waals surface area contributed by atoms with E-state index in [4.69, 9.17) is 4.42 Å². The standard InChI is InChI=1S/C21H16O2/c1-21(2)16-10-9-14-13-5-3-4-6-18(13)23-20(14)19(16)15-8-7-12(22)11-17(15)21/h3-11,22H,1-2H3. The fourth-order valence-electron chi connectivity index (χ4n) is 3.99. The van der Waals surface area contributed by atoms with Crippen molar-refractivity contribution < 1.29 is 9.52 Å². The number of hydrogen-bond acceptors (Lipinski definition) is 2. The van der Waals surface area contributed by atoms with Crippen molar-refractivity contribution in [3.8, 4) is 16.9 Å². The molecule has 0 bridgehead atoms.